The molecule has 9 heteroatoms. The Morgan fingerprint density at radius 1 is 0.917 bits per heavy atom. The largest absolute Gasteiger partial charge is 1.00 e. The molecule has 0 bridgehead atoms. The minimum Gasteiger partial charge on any atom is -0.311 e. The van der Waals surface area contributed by atoms with Gasteiger partial charge in [-0.1, -0.05) is 5.21 Å². The quantitative estimate of drug-likeness (QED) is 0.379. The molecule has 2 aliphatic heterocycles. The molecule has 7 nitrogen and oxygen atoms in total. The van der Waals surface area contributed by atoms with E-state index in [4.69, 9.17) is 5.26 Å². The van der Waals surface area contributed by atoms with Gasteiger partial charge in [-0.3, -0.25) is 5.92 Å². The molecule has 2 saturated heterocycles. The Labute approximate surface area is 243 Å². The van der Waals surface area contributed by atoms with Crippen molar-refractivity contribution < 1.29 is 116 Å². The summed E-state index contributed by atoms with van der Waals surface area (Å²) in [6, 6.07) is 2.21. The van der Waals surface area contributed by atoms with Crippen LogP contribution in [0.2, 0.25) is 0 Å². The normalized spacial score (nSPS) is 18.6. The summed E-state index contributed by atoms with van der Waals surface area (Å²) < 4.78 is 0. The van der Waals surface area contributed by atoms with E-state index < -0.39 is 0 Å². The van der Waals surface area contributed by atoms with Crippen LogP contribution in [0.1, 0.15) is 31.5 Å². The molecule has 0 amide bonds. The van der Waals surface area contributed by atoms with Crippen LogP contribution in [-0.2, 0) is 7.05 Å². The summed E-state index contributed by atoms with van der Waals surface area (Å²) in [5.41, 5.74) is 0. The molecular formula is C15H25N7Rb2. The van der Waals surface area contributed by atoms with Crippen LogP contribution in [0.5, 0.6) is 0 Å². The number of likely N-dealkylation sites (tertiary alicyclic amines) is 2. The predicted molar refractivity (Wildman–Crippen MR) is 83.5 cm³/mol. The van der Waals surface area contributed by atoms with E-state index in [-0.39, 0.29) is 116 Å². The smallest absolute Gasteiger partial charge is 0.311 e. The zero-order valence-electron chi connectivity index (χ0n) is 15.8. The van der Waals surface area contributed by atoms with Crippen molar-refractivity contribution in [2.75, 3.05) is 40.3 Å². The molecule has 122 valence electrons. The first-order valence-electron chi connectivity index (χ1n) is 7.79. The van der Waals surface area contributed by atoms with Gasteiger partial charge >= 0.3 is 116 Å². The zero-order chi connectivity index (χ0) is 15.9. The molecule has 0 atom stereocenters. The van der Waals surface area contributed by atoms with Gasteiger partial charge < -0.3 is 15.7 Å². The standard InChI is InChI=1S/C8H14N5.C7H11N2.2Rb/c1-12-5-3-7(4-6-12)8-9-11-13(2)10-8;1-9-4-2-7(6-8)3-5-9;;/h3-6H2,1-2H3;2-5H2,1H3;;/q2*-1;2*+1. The molecule has 0 spiro atoms. The molecule has 0 aliphatic carbocycles. The maximum Gasteiger partial charge on any atom is 1.00 e. The van der Waals surface area contributed by atoms with Crippen molar-refractivity contribution in [1.82, 2.24) is 30.0 Å². The van der Waals surface area contributed by atoms with Gasteiger partial charge in [-0.15, -0.1) is 36.9 Å². The van der Waals surface area contributed by atoms with Crippen LogP contribution in [0.4, 0.5) is 0 Å². The maximum atomic E-state index is 8.47. The van der Waals surface area contributed by atoms with Crippen molar-refractivity contribution in [3.63, 3.8) is 0 Å². The van der Waals surface area contributed by atoms with Gasteiger partial charge in [0.05, 0.1) is 7.05 Å². The summed E-state index contributed by atoms with van der Waals surface area (Å²) >= 11 is 0. The van der Waals surface area contributed by atoms with Gasteiger partial charge in [-0.25, -0.2) is 5.26 Å². The molecule has 0 radical (unpaired) electrons. The summed E-state index contributed by atoms with van der Waals surface area (Å²) in [6.07, 6.45) is 4.10. The van der Waals surface area contributed by atoms with Gasteiger partial charge in [0.2, 0.25) is 0 Å². The minimum atomic E-state index is 0. The van der Waals surface area contributed by atoms with Crippen molar-refractivity contribution in [3.8, 4) is 6.07 Å². The molecule has 3 rings (SSSR count). The maximum absolute atomic E-state index is 8.47. The molecule has 3 heterocycles. The number of aryl methyl sites for hydroxylation is 1. The van der Waals surface area contributed by atoms with Crippen molar-refractivity contribution in [2.45, 2.75) is 25.7 Å². The second-order valence-electron chi connectivity index (χ2n) is 6.03. The molecule has 0 aromatic carbocycles. The number of hydrogen-bond acceptors (Lipinski definition) is 6. The van der Waals surface area contributed by atoms with E-state index in [0.717, 1.165) is 63.6 Å². The predicted octanol–water partition coefficient (Wildman–Crippen LogP) is -5.32. The molecule has 0 N–H and O–H groups in total. The van der Waals surface area contributed by atoms with Gasteiger partial charge in [0.25, 0.3) is 0 Å². The average Bonchev–Trinajstić information content (AvgIpc) is 2.96. The van der Waals surface area contributed by atoms with Crippen LogP contribution in [0, 0.1) is 23.2 Å². The third-order valence-corrected chi connectivity index (χ3v) is 4.16. The van der Waals surface area contributed by atoms with Crippen LogP contribution >= 0.6 is 0 Å². The minimum absolute atomic E-state index is 0. The van der Waals surface area contributed by atoms with E-state index in [2.05, 4.69) is 45.4 Å². The summed E-state index contributed by atoms with van der Waals surface area (Å²) in [4.78, 5) is 6.08. The fourth-order valence-corrected chi connectivity index (χ4v) is 2.54. The molecule has 0 unspecified atom stereocenters. The Morgan fingerprint density at radius 2 is 1.42 bits per heavy atom. The zero-order valence-corrected chi connectivity index (χ0v) is 25.6. The Bertz CT molecular complexity index is 486. The van der Waals surface area contributed by atoms with E-state index in [1.54, 1.807) is 7.05 Å². The molecule has 1 aromatic rings. The Balaban J connectivity index is 0.000000431. The summed E-state index contributed by atoms with van der Waals surface area (Å²) in [7, 11) is 6.03. The van der Waals surface area contributed by atoms with Crippen LogP contribution < -0.4 is 116 Å². The summed E-state index contributed by atoms with van der Waals surface area (Å²) in [5.74, 6) is 3.23. The van der Waals surface area contributed by atoms with E-state index >= 15 is 0 Å². The van der Waals surface area contributed by atoms with Gasteiger partial charge in [-0.2, -0.15) is 9.90 Å². The van der Waals surface area contributed by atoms with E-state index in [9.17, 15) is 0 Å². The van der Waals surface area contributed by atoms with Gasteiger partial charge in [0, 0.05) is 5.82 Å². The summed E-state index contributed by atoms with van der Waals surface area (Å²) in [6.45, 7) is 4.33. The number of piperidine rings is 2. The first-order valence-corrected chi connectivity index (χ1v) is 7.79. The van der Waals surface area contributed by atoms with E-state index in [0.29, 0.717) is 0 Å². The fraction of sp³-hybridized carbons (Fsp3) is 0.733. The molecule has 24 heavy (non-hydrogen) atoms. The van der Waals surface area contributed by atoms with Crippen LogP contribution in [0.3, 0.4) is 0 Å². The Hall–Kier alpha value is 1.83. The Morgan fingerprint density at radius 3 is 1.83 bits per heavy atom. The SMILES string of the molecule is CN1CC[C-](C#N)CC1.CN1CC[C-](c2nnn(C)n2)CC1.[Rb+].[Rb+]. The topological polar surface area (TPSA) is 73.9 Å². The molecule has 0 saturated carbocycles. The van der Waals surface area contributed by atoms with Crippen LogP contribution in [0.25, 0.3) is 0 Å². The monoisotopic (exact) mass is 473 g/mol. The number of nitriles is 1. The fourth-order valence-electron chi connectivity index (χ4n) is 2.54. The van der Waals surface area contributed by atoms with E-state index in [1.165, 1.54) is 10.7 Å². The number of hydrogen-bond donors (Lipinski definition) is 0. The third-order valence-electron chi connectivity index (χ3n) is 4.16. The second-order valence-corrected chi connectivity index (χ2v) is 6.03. The second kappa shape index (κ2) is 13.9. The van der Waals surface area contributed by atoms with Crippen molar-refractivity contribution in [3.05, 3.63) is 17.7 Å². The average molecular weight is 474 g/mol. The first-order chi connectivity index (χ1) is 10.6. The molecule has 1 aromatic heterocycles. The van der Waals surface area contributed by atoms with Crippen molar-refractivity contribution in [1.29, 1.82) is 5.26 Å². The number of aromatic nitrogens is 4. The van der Waals surface area contributed by atoms with Crippen LogP contribution in [-0.4, -0.2) is 70.3 Å². The molecule has 2 fully saturated rings. The van der Waals surface area contributed by atoms with Crippen molar-refractivity contribution in [2.24, 2.45) is 7.05 Å². The number of rotatable bonds is 1. The van der Waals surface area contributed by atoms with Gasteiger partial charge in [0.15, 0.2) is 0 Å². The number of tetrazole rings is 1. The van der Waals surface area contributed by atoms with Gasteiger partial charge in [0.1, 0.15) is 0 Å². The number of nitrogens with zero attached hydrogens (tertiary/aromatic N) is 7. The van der Waals surface area contributed by atoms with Crippen LogP contribution in [0.15, 0.2) is 0 Å². The molecular weight excluding hydrogens is 449 g/mol. The third kappa shape index (κ3) is 9.16. The van der Waals surface area contributed by atoms with Crippen molar-refractivity contribution >= 4 is 0 Å². The molecule has 2 aliphatic rings. The first kappa shape index (κ1) is 25.8. The summed E-state index contributed by atoms with van der Waals surface area (Å²) in [5, 5.41) is 20.5. The van der Waals surface area contributed by atoms with Gasteiger partial charge in [-0.05, 0) is 40.3 Å². The Kier molecular flexibility index (Phi) is 15.0. The van der Waals surface area contributed by atoms with E-state index in [1.807, 2.05) is 0 Å².